The number of aromatic nitrogens is 1. The zero-order valence-electron chi connectivity index (χ0n) is 15.7. The first-order valence-electron chi connectivity index (χ1n) is 9.06. The highest BCUT2D eigenvalue weighted by Gasteiger charge is 2.07. The third-order valence-corrected chi connectivity index (χ3v) is 3.79. The van der Waals surface area contributed by atoms with Gasteiger partial charge in [-0.1, -0.05) is 30.3 Å². The third kappa shape index (κ3) is 6.99. The number of pyridine rings is 1. The van der Waals surface area contributed by atoms with E-state index >= 15 is 0 Å². The van der Waals surface area contributed by atoms with Crippen molar-refractivity contribution in [1.82, 2.24) is 10.3 Å². The molecule has 0 radical (unpaired) electrons. The fraction of sp³-hybridized carbons (Fsp3) is 0.136. The van der Waals surface area contributed by atoms with Crippen LogP contribution in [-0.4, -0.2) is 29.9 Å². The topological polar surface area (TPSA) is 89.5 Å². The van der Waals surface area contributed by atoms with Gasteiger partial charge in [0.05, 0.1) is 12.2 Å². The second kappa shape index (κ2) is 10.5. The normalized spacial score (nSPS) is 10.1. The van der Waals surface area contributed by atoms with E-state index in [1.807, 2.05) is 36.4 Å². The molecule has 0 spiro atoms. The molecule has 29 heavy (non-hydrogen) atoms. The van der Waals surface area contributed by atoms with E-state index in [-0.39, 0.29) is 25.0 Å². The van der Waals surface area contributed by atoms with E-state index in [1.54, 1.807) is 42.6 Å². The van der Waals surface area contributed by atoms with Gasteiger partial charge in [-0.05, 0) is 36.4 Å². The van der Waals surface area contributed by atoms with Gasteiger partial charge in [-0.15, -0.1) is 0 Å². The van der Waals surface area contributed by atoms with Crippen LogP contribution >= 0.6 is 0 Å². The molecule has 1 heterocycles. The van der Waals surface area contributed by atoms with Crippen LogP contribution in [-0.2, 0) is 16.2 Å². The van der Waals surface area contributed by atoms with Crippen LogP contribution in [0.5, 0.6) is 11.5 Å². The maximum Gasteiger partial charge on any atom is 0.258 e. The van der Waals surface area contributed by atoms with Crippen LogP contribution in [0.2, 0.25) is 0 Å². The lowest BCUT2D eigenvalue weighted by atomic mass is 10.3. The van der Waals surface area contributed by atoms with Gasteiger partial charge < -0.3 is 20.1 Å². The zero-order valence-corrected chi connectivity index (χ0v) is 15.7. The second-order valence-corrected chi connectivity index (χ2v) is 6.06. The summed E-state index contributed by atoms with van der Waals surface area (Å²) in [6.45, 7) is 0.0137. The van der Waals surface area contributed by atoms with E-state index in [0.29, 0.717) is 23.8 Å². The van der Waals surface area contributed by atoms with Crippen LogP contribution in [0.1, 0.15) is 5.69 Å². The lowest BCUT2D eigenvalue weighted by Crippen LogP contribution is -2.35. The molecule has 0 bridgehead atoms. The number of rotatable bonds is 9. The van der Waals surface area contributed by atoms with E-state index in [0.717, 1.165) is 5.69 Å². The summed E-state index contributed by atoms with van der Waals surface area (Å²) in [7, 11) is 0. The van der Waals surface area contributed by atoms with Crippen molar-refractivity contribution in [3.8, 4) is 11.5 Å². The van der Waals surface area contributed by atoms with E-state index in [9.17, 15) is 9.59 Å². The molecule has 3 rings (SSSR count). The highest BCUT2D eigenvalue weighted by atomic mass is 16.5. The summed E-state index contributed by atoms with van der Waals surface area (Å²) in [6.07, 6.45) is 1.70. The standard InChI is InChI=1S/C22H21N3O4/c26-21(14-24-22(27)16-29-19-9-2-1-3-10-19)25-17-8-6-11-20(13-17)28-15-18-7-4-5-12-23-18/h1-13H,14-16H2,(H,24,27)(H,25,26). The molecule has 2 aromatic carbocycles. The molecule has 7 heteroatoms. The first-order chi connectivity index (χ1) is 14.2. The van der Waals surface area contributed by atoms with Gasteiger partial charge >= 0.3 is 0 Å². The Labute approximate surface area is 168 Å². The number of benzene rings is 2. The molecule has 0 saturated heterocycles. The molecular formula is C22H21N3O4. The van der Waals surface area contributed by atoms with Crippen LogP contribution in [0.25, 0.3) is 0 Å². The Balaban J connectivity index is 1.41. The largest absolute Gasteiger partial charge is 0.487 e. The number of nitrogens with one attached hydrogen (secondary N) is 2. The van der Waals surface area contributed by atoms with Crippen molar-refractivity contribution in [1.29, 1.82) is 0 Å². The first kappa shape index (κ1) is 19.9. The molecule has 3 aromatic rings. The van der Waals surface area contributed by atoms with Gasteiger partial charge in [0, 0.05) is 18.0 Å². The highest BCUT2D eigenvalue weighted by Crippen LogP contribution is 2.18. The van der Waals surface area contributed by atoms with Gasteiger partial charge in [-0.2, -0.15) is 0 Å². The molecule has 0 saturated carbocycles. The molecule has 0 atom stereocenters. The van der Waals surface area contributed by atoms with Crippen LogP contribution in [0.4, 0.5) is 5.69 Å². The van der Waals surface area contributed by atoms with Crippen molar-refractivity contribution in [3.05, 3.63) is 84.7 Å². The highest BCUT2D eigenvalue weighted by molar-refractivity contribution is 5.94. The smallest absolute Gasteiger partial charge is 0.258 e. The molecule has 148 valence electrons. The number of carbonyl (C=O) groups excluding carboxylic acids is 2. The molecule has 0 aliphatic rings. The van der Waals surface area contributed by atoms with Gasteiger partial charge in [0.1, 0.15) is 18.1 Å². The molecule has 2 amide bonds. The third-order valence-electron chi connectivity index (χ3n) is 3.79. The number of anilines is 1. The van der Waals surface area contributed by atoms with Crippen molar-refractivity contribution >= 4 is 17.5 Å². The first-order valence-corrected chi connectivity index (χ1v) is 9.06. The van der Waals surface area contributed by atoms with Gasteiger partial charge in [0.2, 0.25) is 5.91 Å². The number of amides is 2. The Morgan fingerprint density at radius 2 is 1.62 bits per heavy atom. The molecule has 0 fully saturated rings. The number of para-hydroxylation sites is 1. The van der Waals surface area contributed by atoms with Gasteiger partial charge in [0.25, 0.3) is 5.91 Å². The number of nitrogens with zero attached hydrogens (tertiary/aromatic N) is 1. The molecule has 0 aliphatic carbocycles. The van der Waals surface area contributed by atoms with Crippen LogP contribution in [0.15, 0.2) is 79.0 Å². The molecule has 2 N–H and O–H groups in total. The van der Waals surface area contributed by atoms with Gasteiger partial charge in [-0.3, -0.25) is 14.6 Å². The fourth-order valence-corrected chi connectivity index (χ4v) is 2.41. The minimum Gasteiger partial charge on any atom is -0.487 e. The van der Waals surface area contributed by atoms with Crippen molar-refractivity contribution in [2.45, 2.75) is 6.61 Å². The quantitative estimate of drug-likeness (QED) is 0.585. The number of hydrogen-bond acceptors (Lipinski definition) is 5. The van der Waals surface area contributed by atoms with Crippen molar-refractivity contribution in [2.75, 3.05) is 18.5 Å². The summed E-state index contributed by atoms with van der Waals surface area (Å²) in [6, 6.07) is 21.6. The zero-order chi connectivity index (χ0) is 20.3. The Hall–Kier alpha value is -3.87. The second-order valence-electron chi connectivity index (χ2n) is 6.06. The van der Waals surface area contributed by atoms with Crippen LogP contribution in [0.3, 0.4) is 0 Å². The summed E-state index contributed by atoms with van der Waals surface area (Å²) in [5, 5.41) is 5.24. The Morgan fingerprint density at radius 1 is 0.828 bits per heavy atom. The average Bonchev–Trinajstić information content (AvgIpc) is 2.76. The van der Waals surface area contributed by atoms with Gasteiger partial charge in [0.15, 0.2) is 6.61 Å². The Morgan fingerprint density at radius 3 is 2.41 bits per heavy atom. The van der Waals surface area contributed by atoms with Gasteiger partial charge in [-0.25, -0.2) is 0 Å². The number of ether oxygens (including phenoxy) is 2. The summed E-state index contributed by atoms with van der Waals surface area (Å²) in [4.78, 5) is 28.1. The summed E-state index contributed by atoms with van der Waals surface area (Å²) in [5.41, 5.74) is 1.38. The predicted molar refractivity (Wildman–Crippen MR) is 109 cm³/mol. The average molecular weight is 391 g/mol. The van der Waals surface area contributed by atoms with E-state index in [2.05, 4.69) is 15.6 Å². The Kier molecular flexibility index (Phi) is 7.17. The van der Waals surface area contributed by atoms with E-state index in [1.165, 1.54) is 0 Å². The van der Waals surface area contributed by atoms with Crippen LogP contribution in [0, 0.1) is 0 Å². The van der Waals surface area contributed by atoms with E-state index < -0.39 is 0 Å². The molecule has 1 aromatic heterocycles. The SMILES string of the molecule is O=C(COc1ccccc1)NCC(=O)Nc1cccc(OCc2ccccn2)c1. The Bertz CT molecular complexity index is 933. The number of carbonyl (C=O) groups is 2. The van der Waals surface area contributed by atoms with Crippen molar-refractivity contribution in [3.63, 3.8) is 0 Å². The summed E-state index contributed by atoms with van der Waals surface area (Å²) < 4.78 is 11.0. The monoisotopic (exact) mass is 391 g/mol. The maximum atomic E-state index is 12.1. The molecule has 0 aliphatic heterocycles. The summed E-state index contributed by atoms with van der Waals surface area (Å²) >= 11 is 0. The van der Waals surface area contributed by atoms with E-state index in [4.69, 9.17) is 9.47 Å². The number of hydrogen-bond donors (Lipinski definition) is 2. The minimum absolute atomic E-state index is 0.157. The van der Waals surface area contributed by atoms with Crippen LogP contribution < -0.4 is 20.1 Å². The van der Waals surface area contributed by atoms with Crippen molar-refractivity contribution in [2.24, 2.45) is 0 Å². The lowest BCUT2D eigenvalue weighted by Gasteiger charge is -2.10. The fourth-order valence-electron chi connectivity index (χ4n) is 2.41. The molecule has 0 unspecified atom stereocenters. The summed E-state index contributed by atoms with van der Waals surface area (Å²) in [5.74, 6) is 0.472. The molecule has 7 nitrogen and oxygen atoms in total. The van der Waals surface area contributed by atoms with Crippen molar-refractivity contribution < 1.29 is 19.1 Å². The predicted octanol–water partition coefficient (Wildman–Crippen LogP) is 2.79. The maximum absolute atomic E-state index is 12.1. The lowest BCUT2D eigenvalue weighted by molar-refractivity contribution is -0.125. The molecular weight excluding hydrogens is 370 g/mol. The minimum atomic E-state index is -0.378.